The first kappa shape index (κ1) is 26.0. The van der Waals surface area contributed by atoms with Gasteiger partial charge in [-0.05, 0) is 72.9 Å². The minimum absolute atomic E-state index is 0.0115. The molecule has 2 atom stereocenters. The molecule has 1 aromatic heterocycles. The number of benzene rings is 1. The molecule has 0 bridgehead atoms. The largest absolute Gasteiger partial charge is 0.491 e. The van der Waals surface area contributed by atoms with Crippen LogP contribution in [0.1, 0.15) is 68.0 Å². The van der Waals surface area contributed by atoms with E-state index in [1.165, 1.54) is 4.88 Å². The first-order valence-corrected chi connectivity index (χ1v) is 14.2. The van der Waals surface area contributed by atoms with Gasteiger partial charge in [0.2, 0.25) is 11.8 Å². The van der Waals surface area contributed by atoms with E-state index in [9.17, 15) is 9.59 Å². The van der Waals surface area contributed by atoms with Crippen LogP contribution in [0.15, 0.2) is 29.6 Å². The summed E-state index contributed by atoms with van der Waals surface area (Å²) in [6.45, 7) is 8.06. The van der Waals surface area contributed by atoms with Crippen LogP contribution < -0.4 is 4.74 Å². The van der Waals surface area contributed by atoms with E-state index in [2.05, 4.69) is 25.3 Å². The predicted octanol–water partition coefficient (Wildman–Crippen LogP) is 6.28. The molecule has 2 aromatic rings. The zero-order chi connectivity index (χ0) is 24.9. The highest BCUT2D eigenvalue weighted by atomic mass is 35.5. The maximum Gasteiger partial charge on any atom is 0.242 e. The summed E-state index contributed by atoms with van der Waals surface area (Å²) in [5.74, 6) is 1.36. The van der Waals surface area contributed by atoms with Gasteiger partial charge in [-0.1, -0.05) is 44.7 Å². The van der Waals surface area contributed by atoms with Crippen molar-refractivity contribution in [2.45, 2.75) is 65.3 Å². The number of carbonyl (C=O) groups is 2. The molecule has 190 valence electrons. The average Bonchev–Trinajstić information content (AvgIpc) is 3.56. The van der Waals surface area contributed by atoms with Crippen molar-refractivity contribution in [1.29, 1.82) is 0 Å². The Hall–Kier alpha value is -2.05. The van der Waals surface area contributed by atoms with Crippen molar-refractivity contribution >= 4 is 34.8 Å². The summed E-state index contributed by atoms with van der Waals surface area (Å²) >= 11 is 7.92. The first-order valence-electron chi connectivity index (χ1n) is 12.9. The van der Waals surface area contributed by atoms with Gasteiger partial charge in [-0.2, -0.15) is 0 Å². The highest BCUT2D eigenvalue weighted by Crippen LogP contribution is 2.35. The van der Waals surface area contributed by atoms with E-state index in [1.807, 2.05) is 34.9 Å². The summed E-state index contributed by atoms with van der Waals surface area (Å²) in [6.07, 6.45) is 5.95. The molecule has 4 rings (SSSR count). The molecule has 2 aliphatic rings. The Labute approximate surface area is 218 Å². The second kappa shape index (κ2) is 11.8. The summed E-state index contributed by atoms with van der Waals surface area (Å²) in [5, 5.41) is 2.80. The minimum atomic E-state index is -0.166. The van der Waals surface area contributed by atoms with Gasteiger partial charge in [0.15, 0.2) is 0 Å². The second-order valence-corrected chi connectivity index (χ2v) is 11.5. The van der Waals surface area contributed by atoms with Gasteiger partial charge < -0.3 is 14.5 Å². The molecular formula is C28H37ClN2O3S. The van der Waals surface area contributed by atoms with Crippen LogP contribution in [0.4, 0.5) is 0 Å². The van der Waals surface area contributed by atoms with Crippen molar-refractivity contribution in [3.8, 4) is 5.75 Å². The van der Waals surface area contributed by atoms with Gasteiger partial charge in [0.25, 0.3) is 0 Å². The van der Waals surface area contributed by atoms with E-state index in [0.29, 0.717) is 30.6 Å². The summed E-state index contributed by atoms with van der Waals surface area (Å²) in [5.41, 5.74) is 2.12. The maximum absolute atomic E-state index is 13.7. The zero-order valence-electron chi connectivity index (χ0n) is 21.1. The first-order chi connectivity index (χ1) is 16.9. The molecule has 2 amide bonds. The molecule has 5 nitrogen and oxygen atoms in total. The number of hydrogen-bond donors (Lipinski definition) is 0. The number of halogens is 1. The molecule has 35 heavy (non-hydrogen) atoms. The molecule has 1 saturated carbocycles. The third-order valence-electron chi connectivity index (χ3n) is 7.52. The van der Waals surface area contributed by atoms with E-state index < -0.39 is 0 Å². The molecule has 0 unspecified atom stereocenters. The molecule has 1 aliphatic carbocycles. The lowest BCUT2D eigenvalue weighted by Gasteiger charge is -2.37. The quantitative estimate of drug-likeness (QED) is 0.394. The fourth-order valence-corrected chi connectivity index (χ4v) is 6.23. The zero-order valence-corrected chi connectivity index (χ0v) is 22.7. The molecule has 0 spiro atoms. The van der Waals surface area contributed by atoms with Gasteiger partial charge >= 0.3 is 0 Å². The molecule has 1 aromatic carbocycles. The summed E-state index contributed by atoms with van der Waals surface area (Å²) < 4.78 is 6.18. The number of thiophene rings is 1. The number of ether oxygens (including phenoxy) is 1. The van der Waals surface area contributed by atoms with E-state index >= 15 is 0 Å². The average molecular weight is 517 g/mol. The standard InChI is InChI=1S/C28H37ClN2O3S/c1-4-19(2)16-30(28(33)21-7-5-6-8-21)17-27(32)31-13-11-26-23(12-14-35-26)25(31)18-34-22-9-10-24(29)20(3)15-22/h9-10,12,14-15,19,21,25H,4-8,11,13,16-18H2,1-3H3/t19-,25+/m1/s1. The van der Waals surface area contributed by atoms with Crippen LogP contribution >= 0.6 is 22.9 Å². The van der Waals surface area contributed by atoms with Crippen LogP contribution in [-0.2, 0) is 16.0 Å². The highest BCUT2D eigenvalue weighted by Gasteiger charge is 2.35. The Balaban J connectivity index is 1.51. The molecule has 0 saturated heterocycles. The number of aryl methyl sites for hydroxylation is 1. The fraction of sp³-hybridized carbons (Fsp3) is 0.571. The van der Waals surface area contributed by atoms with Crippen molar-refractivity contribution in [1.82, 2.24) is 9.80 Å². The van der Waals surface area contributed by atoms with Gasteiger partial charge in [0.05, 0.1) is 12.6 Å². The van der Waals surface area contributed by atoms with Crippen molar-refractivity contribution in [2.75, 3.05) is 26.2 Å². The van der Waals surface area contributed by atoms with Crippen LogP contribution in [0.3, 0.4) is 0 Å². The highest BCUT2D eigenvalue weighted by molar-refractivity contribution is 7.10. The molecule has 0 radical (unpaired) electrons. The lowest BCUT2D eigenvalue weighted by atomic mass is 10.00. The number of amides is 2. The Morgan fingerprint density at radius 3 is 2.74 bits per heavy atom. The summed E-state index contributed by atoms with van der Waals surface area (Å²) in [7, 11) is 0. The van der Waals surface area contributed by atoms with E-state index in [-0.39, 0.29) is 30.3 Å². The number of hydrogen-bond acceptors (Lipinski definition) is 4. The van der Waals surface area contributed by atoms with Crippen LogP contribution in [0.2, 0.25) is 5.02 Å². The molecule has 7 heteroatoms. The Morgan fingerprint density at radius 1 is 1.26 bits per heavy atom. The van der Waals surface area contributed by atoms with Gasteiger partial charge in [0, 0.05) is 28.9 Å². The third-order valence-corrected chi connectivity index (χ3v) is 8.94. The number of nitrogens with zero attached hydrogens (tertiary/aromatic N) is 2. The number of rotatable bonds is 9. The lowest BCUT2D eigenvalue weighted by molar-refractivity contribution is -0.145. The Morgan fingerprint density at radius 2 is 2.03 bits per heavy atom. The van der Waals surface area contributed by atoms with Crippen molar-refractivity contribution < 1.29 is 14.3 Å². The lowest BCUT2D eigenvalue weighted by Crippen LogP contribution is -2.49. The number of fused-ring (bicyclic) bond motifs is 1. The molecule has 2 heterocycles. The third kappa shape index (κ3) is 6.21. The van der Waals surface area contributed by atoms with Gasteiger partial charge in [-0.25, -0.2) is 0 Å². The van der Waals surface area contributed by atoms with E-state index in [0.717, 1.165) is 55.4 Å². The predicted molar refractivity (Wildman–Crippen MR) is 142 cm³/mol. The maximum atomic E-state index is 13.7. The number of carbonyl (C=O) groups excluding carboxylic acids is 2. The van der Waals surface area contributed by atoms with Crippen LogP contribution in [0, 0.1) is 18.8 Å². The molecule has 1 aliphatic heterocycles. The SMILES string of the molecule is CC[C@@H](C)CN(CC(=O)N1CCc2sccc2[C@@H]1COc1ccc(Cl)c(C)c1)C(=O)C1CCCC1. The van der Waals surface area contributed by atoms with E-state index in [4.69, 9.17) is 16.3 Å². The van der Waals surface area contributed by atoms with Crippen LogP contribution in [-0.4, -0.2) is 47.9 Å². The smallest absolute Gasteiger partial charge is 0.242 e. The minimum Gasteiger partial charge on any atom is -0.491 e. The Kier molecular flexibility index (Phi) is 8.77. The summed E-state index contributed by atoms with van der Waals surface area (Å²) in [4.78, 5) is 32.1. The second-order valence-electron chi connectivity index (χ2n) is 10.1. The summed E-state index contributed by atoms with van der Waals surface area (Å²) in [6, 6.07) is 7.59. The normalized spacial score (nSPS) is 18.9. The van der Waals surface area contributed by atoms with E-state index in [1.54, 1.807) is 11.3 Å². The van der Waals surface area contributed by atoms with Gasteiger partial charge in [0.1, 0.15) is 12.4 Å². The van der Waals surface area contributed by atoms with Crippen molar-refractivity contribution in [3.05, 3.63) is 50.7 Å². The van der Waals surface area contributed by atoms with Crippen LogP contribution in [0.25, 0.3) is 0 Å². The topological polar surface area (TPSA) is 49.9 Å². The van der Waals surface area contributed by atoms with Crippen molar-refractivity contribution in [2.24, 2.45) is 11.8 Å². The van der Waals surface area contributed by atoms with Crippen LogP contribution in [0.5, 0.6) is 5.75 Å². The monoisotopic (exact) mass is 516 g/mol. The van der Waals surface area contributed by atoms with Crippen molar-refractivity contribution in [3.63, 3.8) is 0 Å². The molecule has 0 N–H and O–H groups in total. The molecule has 1 fully saturated rings. The fourth-order valence-electron chi connectivity index (χ4n) is 5.18. The molecular weight excluding hydrogens is 480 g/mol. The van der Waals surface area contributed by atoms with Gasteiger partial charge in [-0.3, -0.25) is 9.59 Å². The Bertz CT molecular complexity index is 1030. The van der Waals surface area contributed by atoms with Gasteiger partial charge in [-0.15, -0.1) is 11.3 Å².